The van der Waals surface area contributed by atoms with Crippen LogP contribution in [-0.2, 0) is 4.79 Å². The molecule has 0 spiro atoms. The number of benzene rings is 1. The summed E-state index contributed by atoms with van der Waals surface area (Å²) in [6.07, 6.45) is 0. The molecule has 0 radical (unpaired) electrons. The van der Waals surface area contributed by atoms with Crippen molar-refractivity contribution in [1.29, 1.82) is 0 Å². The molecule has 0 saturated carbocycles. The van der Waals surface area contributed by atoms with Gasteiger partial charge in [-0.25, -0.2) is 0 Å². The normalized spacial score (nSPS) is 12.1. The Kier molecular flexibility index (Phi) is 6.18. The molecule has 0 fully saturated rings. The minimum absolute atomic E-state index is 0.0312. The van der Waals surface area contributed by atoms with Crippen molar-refractivity contribution in [1.82, 2.24) is 10.2 Å². The molecule has 0 aliphatic rings. The van der Waals surface area contributed by atoms with Crippen molar-refractivity contribution in [2.45, 2.75) is 19.9 Å². The predicted octanol–water partition coefficient (Wildman–Crippen LogP) is 0.892. The van der Waals surface area contributed by atoms with Crippen molar-refractivity contribution in [3.8, 4) is 0 Å². The molecule has 0 heterocycles. The zero-order valence-electron chi connectivity index (χ0n) is 12.2. The SMILES string of the molecule is CC(C)C(NC(=O)c1ccccc1)C(=O)N(C)CCO. The molecule has 1 atom stereocenters. The third-order valence-corrected chi connectivity index (χ3v) is 3.07. The lowest BCUT2D eigenvalue weighted by molar-refractivity contribution is -0.133. The van der Waals surface area contributed by atoms with Crippen molar-refractivity contribution >= 4 is 11.8 Å². The highest BCUT2D eigenvalue weighted by atomic mass is 16.3. The highest BCUT2D eigenvalue weighted by Gasteiger charge is 2.26. The van der Waals surface area contributed by atoms with Gasteiger partial charge in [0.15, 0.2) is 0 Å². The molecular weight excluding hydrogens is 256 g/mol. The molecule has 0 aliphatic carbocycles. The Hall–Kier alpha value is -1.88. The number of nitrogens with one attached hydrogen (secondary N) is 1. The maximum absolute atomic E-state index is 12.2. The number of aliphatic hydroxyl groups excluding tert-OH is 1. The lowest BCUT2D eigenvalue weighted by Crippen LogP contribution is -2.50. The van der Waals surface area contributed by atoms with Gasteiger partial charge in [0.2, 0.25) is 5.91 Å². The molecule has 0 aromatic heterocycles. The van der Waals surface area contributed by atoms with Crippen LogP contribution < -0.4 is 5.32 Å². The molecular formula is C15H22N2O3. The maximum Gasteiger partial charge on any atom is 0.251 e. The number of rotatable bonds is 6. The number of carbonyl (C=O) groups is 2. The number of aliphatic hydroxyl groups is 1. The smallest absolute Gasteiger partial charge is 0.251 e. The molecule has 0 aliphatic heterocycles. The van der Waals surface area contributed by atoms with Crippen molar-refractivity contribution < 1.29 is 14.7 Å². The summed E-state index contributed by atoms with van der Waals surface area (Å²) in [5, 5.41) is 11.6. The molecule has 5 heteroatoms. The Morgan fingerprint density at radius 2 is 1.85 bits per heavy atom. The molecule has 1 aromatic rings. The number of nitrogens with zero attached hydrogens (tertiary/aromatic N) is 1. The summed E-state index contributed by atoms with van der Waals surface area (Å²) in [4.78, 5) is 25.8. The molecule has 1 unspecified atom stereocenters. The summed E-state index contributed by atoms with van der Waals surface area (Å²) in [6, 6.07) is 8.19. The van der Waals surface area contributed by atoms with Crippen molar-refractivity contribution in [3.63, 3.8) is 0 Å². The topological polar surface area (TPSA) is 69.6 Å². The monoisotopic (exact) mass is 278 g/mol. The van der Waals surface area contributed by atoms with Gasteiger partial charge in [-0.05, 0) is 18.1 Å². The van der Waals surface area contributed by atoms with Gasteiger partial charge in [-0.1, -0.05) is 32.0 Å². The number of likely N-dealkylation sites (N-methyl/N-ethyl adjacent to an activating group) is 1. The molecule has 2 N–H and O–H groups in total. The lowest BCUT2D eigenvalue weighted by atomic mass is 10.0. The Bertz CT molecular complexity index is 446. The molecule has 20 heavy (non-hydrogen) atoms. The molecule has 1 aromatic carbocycles. The van der Waals surface area contributed by atoms with Crippen LogP contribution >= 0.6 is 0 Å². The standard InChI is InChI=1S/C15H22N2O3/c1-11(2)13(15(20)17(3)9-10-18)16-14(19)12-7-5-4-6-8-12/h4-8,11,13,18H,9-10H2,1-3H3,(H,16,19). The molecule has 5 nitrogen and oxygen atoms in total. The average Bonchev–Trinajstić information content (AvgIpc) is 2.44. The van der Waals surface area contributed by atoms with Gasteiger partial charge in [0.05, 0.1) is 6.61 Å². The van der Waals surface area contributed by atoms with E-state index in [-0.39, 0.29) is 30.9 Å². The van der Waals surface area contributed by atoms with E-state index in [0.717, 1.165) is 0 Å². The van der Waals surface area contributed by atoms with Gasteiger partial charge in [-0.15, -0.1) is 0 Å². The fourth-order valence-electron chi connectivity index (χ4n) is 1.83. The van der Waals surface area contributed by atoms with E-state index in [1.54, 1.807) is 31.3 Å². The molecule has 2 amide bonds. The van der Waals surface area contributed by atoms with E-state index >= 15 is 0 Å². The predicted molar refractivity (Wildman–Crippen MR) is 77.3 cm³/mol. The second-order valence-electron chi connectivity index (χ2n) is 5.04. The van der Waals surface area contributed by atoms with E-state index in [0.29, 0.717) is 5.56 Å². The van der Waals surface area contributed by atoms with Crippen LogP contribution in [0.1, 0.15) is 24.2 Å². The number of hydrogen-bond donors (Lipinski definition) is 2. The molecule has 110 valence electrons. The van der Waals surface area contributed by atoms with Crippen LogP contribution in [0.4, 0.5) is 0 Å². The summed E-state index contributed by atoms with van der Waals surface area (Å²) in [5.74, 6) is -0.496. The fourth-order valence-corrected chi connectivity index (χ4v) is 1.83. The largest absolute Gasteiger partial charge is 0.395 e. The third-order valence-electron chi connectivity index (χ3n) is 3.07. The second kappa shape index (κ2) is 7.65. The van der Waals surface area contributed by atoms with Crippen LogP contribution in [0, 0.1) is 5.92 Å². The van der Waals surface area contributed by atoms with E-state index in [4.69, 9.17) is 5.11 Å². The van der Waals surface area contributed by atoms with Gasteiger partial charge in [0, 0.05) is 19.2 Å². The molecule has 0 saturated heterocycles. The zero-order chi connectivity index (χ0) is 15.1. The first-order valence-corrected chi connectivity index (χ1v) is 6.69. The Balaban J connectivity index is 2.78. The van der Waals surface area contributed by atoms with Crippen LogP contribution in [0.5, 0.6) is 0 Å². The zero-order valence-corrected chi connectivity index (χ0v) is 12.2. The van der Waals surface area contributed by atoms with Crippen molar-refractivity contribution in [3.05, 3.63) is 35.9 Å². The van der Waals surface area contributed by atoms with Crippen LogP contribution in [0.3, 0.4) is 0 Å². The highest BCUT2D eigenvalue weighted by Crippen LogP contribution is 2.07. The summed E-state index contributed by atoms with van der Waals surface area (Å²) in [5.41, 5.74) is 0.524. The van der Waals surface area contributed by atoms with Crippen molar-refractivity contribution in [2.24, 2.45) is 5.92 Å². The minimum atomic E-state index is -0.598. The number of hydrogen-bond acceptors (Lipinski definition) is 3. The third kappa shape index (κ3) is 4.35. The minimum Gasteiger partial charge on any atom is -0.395 e. The van der Waals surface area contributed by atoms with Gasteiger partial charge in [-0.3, -0.25) is 9.59 Å². The first-order chi connectivity index (χ1) is 9.47. The Labute approximate surface area is 119 Å². The Morgan fingerprint density at radius 3 is 2.35 bits per heavy atom. The molecule has 0 bridgehead atoms. The van der Waals surface area contributed by atoms with E-state index in [1.807, 2.05) is 19.9 Å². The maximum atomic E-state index is 12.2. The summed E-state index contributed by atoms with van der Waals surface area (Å²) in [6.45, 7) is 3.91. The average molecular weight is 278 g/mol. The fraction of sp³-hybridized carbons (Fsp3) is 0.467. The Morgan fingerprint density at radius 1 is 1.25 bits per heavy atom. The first kappa shape index (κ1) is 16.2. The van der Waals surface area contributed by atoms with E-state index < -0.39 is 6.04 Å². The molecule has 1 rings (SSSR count). The number of carbonyl (C=O) groups excluding carboxylic acids is 2. The van der Waals surface area contributed by atoms with E-state index in [2.05, 4.69) is 5.32 Å². The van der Waals surface area contributed by atoms with Gasteiger partial charge >= 0.3 is 0 Å². The van der Waals surface area contributed by atoms with Gasteiger partial charge in [0.25, 0.3) is 5.91 Å². The van der Waals surface area contributed by atoms with E-state index in [9.17, 15) is 9.59 Å². The highest BCUT2D eigenvalue weighted by molar-refractivity contribution is 5.97. The summed E-state index contributed by atoms with van der Waals surface area (Å²) >= 11 is 0. The van der Waals surface area contributed by atoms with Gasteiger partial charge < -0.3 is 15.3 Å². The van der Waals surface area contributed by atoms with Crippen LogP contribution in [0.15, 0.2) is 30.3 Å². The second-order valence-corrected chi connectivity index (χ2v) is 5.04. The van der Waals surface area contributed by atoms with Gasteiger partial charge in [0.1, 0.15) is 6.04 Å². The number of amides is 2. The van der Waals surface area contributed by atoms with Gasteiger partial charge in [-0.2, -0.15) is 0 Å². The summed E-state index contributed by atoms with van der Waals surface area (Å²) < 4.78 is 0. The summed E-state index contributed by atoms with van der Waals surface area (Å²) in [7, 11) is 1.61. The first-order valence-electron chi connectivity index (χ1n) is 6.69. The van der Waals surface area contributed by atoms with Crippen LogP contribution in [0.25, 0.3) is 0 Å². The lowest BCUT2D eigenvalue weighted by Gasteiger charge is -2.26. The van der Waals surface area contributed by atoms with Crippen LogP contribution in [-0.4, -0.2) is 48.1 Å². The van der Waals surface area contributed by atoms with E-state index in [1.165, 1.54) is 4.90 Å². The quantitative estimate of drug-likeness (QED) is 0.812. The van der Waals surface area contributed by atoms with Crippen molar-refractivity contribution in [2.75, 3.05) is 20.2 Å². The van der Waals surface area contributed by atoms with Crippen LogP contribution in [0.2, 0.25) is 0 Å².